The second-order valence-electron chi connectivity index (χ2n) is 4.64. The minimum atomic E-state index is 0.316. The summed E-state index contributed by atoms with van der Waals surface area (Å²) in [5.41, 5.74) is 1.99. The number of fused-ring (bicyclic) bond motifs is 1. The van der Waals surface area contributed by atoms with E-state index in [4.69, 9.17) is 0 Å². The number of hydrogen-bond donors (Lipinski definition) is 0. The Balaban J connectivity index is 2.29. The van der Waals surface area contributed by atoms with Gasteiger partial charge in [-0.25, -0.2) is 0 Å². The summed E-state index contributed by atoms with van der Waals surface area (Å²) in [4.78, 5) is 0. The molecule has 0 bridgehead atoms. The number of rotatable bonds is 2. The fourth-order valence-electron chi connectivity index (χ4n) is 2.17. The van der Waals surface area contributed by atoms with Crippen LogP contribution in [0.3, 0.4) is 0 Å². The first-order valence-electron chi connectivity index (χ1n) is 6.00. The van der Waals surface area contributed by atoms with Crippen LogP contribution in [0.15, 0.2) is 30.6 Å². The summed E-state index contributed by atoms with van der Waals surface area (Å²) in [5, 5.41) is 13.9. The molecule has 0 amide bonds. The smallest absolute Gasteiger partial charge is 0.185 e. The van der Waals surface area contributed by atoms with Crippen LogP contribution in [0.2, 0.25) is 0 Å². The molecular formula is C13H15N5. The Morgan fingerprint density at radius 1 is 1.17 bits per heavy atom. The topological polar surface area (TPSA) is 48.5 Å². The van der Waals surface area contributed by atoms with Gasteiger partial charge in [0.05, 0.1) is 5.52 Å². The van der Waals surface area contributed by atoms with Crippen molar-refractivity contribution in [2.75, 3.05) is 0 Å². The highest BCUT2D eigenvalue weighted by Gasteiger charge is 2.16. The molecule has 3 rings (SSSR count). The average Bonchev–Trinajstić information content (AvgIpc) is 2.95. The van der Waals surface area contributed by atoms with Crippen molar-refractivity contribution in [3.63, 3.8) is 0 Å². The molecule has 92 valence electrons. The predicted molar refractivity (Wildman–Crippen MR) is 70.1 cm³/mol. The maximum absolute atomic E-state index is 4.57. The summed E-state index contributed by atoms with van der Waals surface area (Å²) in [6.45, 7) is 4.22. The highest BCUT2D eigenvalue weighted by molar-refractivity contribution is 5.91. The van der Waals surface area contributed by atoms with E-state index in [-0.39, 0.29) is 0 Å². The van der Waals surface area contributed by atoms with E-state index in [1.54, 1.807) is 6.33 Å². The lowest BCUT2D eigenvalue weighted by atomic mass is 10.2. The number of para-hydroxylation sites is 1. The van der Waals surface area contributed by atoms with E-state index in [0.29, 0.717) is 6.04 Å². The molecule has 0 aliphatic carbocycles. The number of aryl methyl sites for hydroxylation is 1. The van der Waals surface area contributed by atoms with Crippen LogP contribution in [0.4, 0.5) is 0 Å². The zero-order chi connectivity index (χ0) is 12.7. The minimum absolute atomic E-state index is 0.316. The van der Waals surface area contributed by atoms with Crippen molar-refractivity contribution in [3.8, 4) is 11.5 Å². The summed E-state index contributed by atoms with van der Waals surface area (Å²) < 4.78 is 3.92. The van der Waals surface area contributed by atoms with Crippen LogP contribution in [0.5, 0.6) is 0 Å². The third-order valence-electron chi connectivity index (χ3n) is 3.10. The van der Waals surface area contributed by atoms with Gasteiger partial charge in [-0.1, -0.05) is 18.2 Å². The summed E-state index contributed by atoms with van der Waals surface area (Å²) in [5.74, 6) is 0.821. The SMILES string of the molecule is CC(C)n1cnnc1-c1nn(C)c2ccccc12. The Morgan fingerprint density at radius 3 is 2.72 bits per heavy atom. The van der Waals surface area contributed by atoms with Gasteiger partial charge in [0.15, 0.2) is 5.82 Å². The van der Waals surface area contributed by atoms with Gasteiger partial charge in [-0.2, -0.15) is 5.10 Å². The molecule has 0 N–H and O–H groups in total. The van der Waals surface area contributed by atoms with Gasteiger partial charge in [-0.3, -0.25) is 4.68 Å². The normalized spacial score (nSPS) is 11.6. The monoisotopic (exact) mass is 241 g/mol. The highest BCUT2D eigenvalue weighted by Crippen LogP contribution is 2.27. The van der Waals surface area contributed by atoms with Crippen molar-refractivity contribution in [1.29, 1.82) is 0 Å². The Bertz CT molecular complexity index is 692. The molecule has 5 nitrogen and oxygen atoms in total. The van der Waals surface area contributed by atoms with Gasteiger partial charge < -0.3 is 4.57 Å². The highest BCUT2D eigenvalue weighted by atomic mass is 15.3. The van der Waals surface area contributed by atoms with Crippen molar-refractivity contribution in [3.05, 3.63) is 30.6 Å². The Morgan fingerprint density at radius 2 is 1.94 bits per heavy atom. The van der Waals surface area contributed by atoms with Crippen LogP contribution in [-0.2, 0) is 7.05 Å². The molecule has 1 aromatic carbocycles. The summed E-state index contributed by atoms with van der Waals surface area (Å²) in [7, 11) is 1.95. The second-order valence-corrected chi connectivity index (χ2v) is 4.64. The molecule has 0 saturated heterocycles. The molecule has 2 heterocycles. The van der Waals surface area contributed by atoms with Crippen LogP contribution in [-0.4, -0.2) is 24.5 Å². The van der Waals surface area contributed by atoms with Gasteiger partial charge in [-0.15, -0.1) is 10.2 Å². The maximum Gasteiger partial charge on any atom is 0.185 e. The molecule has 0 aliphatic rings. The van der Waals surface area contributed by atoms with Gasteiger partial charge in [-0.05, 0) is 19.9 Å². The Kier molecular flexibility index (Phi) is 2.40. The van der Waals surface area contributed by atoms with Gasteiger partial charge in [0.2, 0.25) is 0 Å². The first kappa shape index (κ1) is 11.0. The van der Waals surface area contributed by atoms with Crippen LogP contribution >= 0.6 is 0 Å². The molecule has 5 heteroatoms. The van der Waals surface area contributed by atoms with Crippen LogP contribution in [0, 0.1) is 0 Å². The van der Waals surface area contributed by atoms with Crippen molar-refractivity contribution < 1.29 is 0 Å². The maximum atomic E-state index is 4.57. The summed E-state index contributed by atoms with van der Waals surface area (Å²) in [6.07, 6.45) is 1.75. The van der Waals surface area contributed by atoms with Crippen LogP contribution in [0.25, 0.3) is 22.4 Å². The third-order valence-corrected chi connectivity index (χ3v) is 3.10. The Labute approximate surface area is 105 Å². The fourth-order valence-corrected chi connectivity index (χ4v) is 2.17. The summed E-state index contributed by atoms with van der Waals surface area (Å²) in [6, 6.07) is 8.47. The summed E-state index contributed by atoms with van der Waals surface area (Å²) >= 11 is 0. The van der Waals surface area contributed by atoms with Gasteiger partial charge in [0, 0.05) is 18.5 Å². The Hall–Kier alpha value is -2.17. The molecule has 0 aliphatic heterocycles. The number of nitrogens with zero attached hydrogens (tertiary/aromatic N) is 5. The van der Waals surface area contributed by atoms with Crippen LogP contribution < -0.4 is 0 Å². The molecule has 0 fully saturated rings. The largest absolute Gasteiger partial charge is 0.310 e. The molecule has 3 aromatic rings. The van der Waals surface area contributed by atoms with Crippen molar-refractivity contribution in [1.82, 2.24) is 24.5 Å². The van der Waals surface area contributed by atoms with E-state index in [1.165, 1.54) is 0 Å². The number of benzene rings is 1. The first-order valence-corrected chi connectivity index (χ1v) is 6.00. The van der Waals surface area contributed by atoms with Gasteiger partial charge in [0.1, 0.15) is 12.0 Å². The van der Waals surface area contributed by atoms with Crippen molar-refractivity contribution >= 4 is 10.9 Å². The molecule has 2 aromatic heterocycles. The van der Waals surface area contributed by atoms with Gasteiger partial charge in [0.25, 0.3) is 0 Å². The molecule has 0 radical (unpaired) electrons. The third kappa shape index (κ3) is 1.51. The zero-order valence-electron chi connectivity index (χ0n) is 10.7. The van der Waals surface area contributed by atoms with E-state index < -0.39 is 0 Å². The van der Waals surface area contributed by atoms with E-state index in [9.17, 15) is 0 Å². The van der Waals surface area contributed by atoms with E-state index in [2.05, 4.69) is 41.3 Å². The molecule has 0 saturated carbocycles. The molecule has 0 spiro atoms. The molecular weight excluding hydrogens is 226 g/mol. The van der Waals surface area contributed by atoms with Crippen molar-refractivity contribution in [2.45, 2.75) is 19.9 Å². The lowest BCUT2D eigenvalue weighted by Gasteiger charge is -2.08. The predicted octanol–water partition coefficient (Wildman–Crippen LogP) is 2.41. The quantitative estimate of drug-likeness (QED) is 0.692. The standard InChI is InChI=1S/C13H15N5/c1-9(2)18-8-14-15-13(18)12-10-6-4-5-7-11(10)17(3)16-12/h4-9H,1-3H3. The number of aromatic nitrogens is 5. The molecule has 18 heavy (non-hydrogen) atoms. The van der Waals surface area contributed by atoms with E-state index in [1.807, 2.05) is 28.4 Å². The molecule has 0 unspecified atom stereocenters. The first-order chi connectivity index (χ1) is 8.68. The average molecular weight is 241 g/mol. The van der Waals surface area contributed by atoms with Crippen LogP contribution in [0.1, 0.15) is 19.9 Å². The molecule has 0 atom stereocenters. The lowest BCUT2D eigenvalue weighted by molar-refractivity contribution is 0.602. The van der Waals surface area contributed by atoms with E-state index in [0.717, 1.165) is 22.4 Å². The fraction of sp³-hybridized carbons (Fsp3) is 0.308. The van der Waals surface area contributed by atoms with Crippen molar-refractivity contribution in [2.24, 2.45) is 7.05 Å². The minimum Gasteiger partial charge on any atom is -0.310 e. The second kappa shape index (κ2) is 3.94. The van der Waals surface area contributed by atoms with E-state index >= 15 is 0 Å². The zero-order valence-corrected chi connectivity index (χ0v) is 10.7. The number of hydrogen-bond acceptors (Lipinski definition) is 3. The lowest BCUT2D eigenvalue weighted by Crippen LogP contribution is -2.02. The van der Waals surface area contributed by atoms with Gasteiger partial charge >= 0.3 is 0 Å².